The summed E-state index contributed by atoms with van der Waals surface area (Å²) in [6.45, 7) is 4.13. The zero-order chi connectivity index (χ0) is 13.2. The first-order chi connectivity index (χ1) is 9.25. The van der Waals surface area contributed by atoms with Crippen molar-refractivity contribution in [2.45, 2.75) is 32.3 Å². The molecule has 2 aromatic heterocycles. The van der Waals surface area contributed by atoms with Gasteiger partial charge in [0.05, 0.1) is 0 Å². The fourth-order valence-electron chi connectivity index (χ4n) is 2.33. The van der Waals surface area contributed by atoms with E-state index in [-0.39, 0.29) is 0 Å². The maximum atomic E-state index is 10.4. The highest BCUT2D eigenvalue weighted by Crippen LogP contribution is 2.33. The molecule has 0 aliphatic carbocycles. The number of aromatic nitrogens is 2. The molecule has 1 N–H and O–H groups in total. The molecule has 1 aliphatic rings. The van der Waals surface area contributed by atoms with E-state index in [9.17, 15) is 5.11 Å². The molecular formula is C13H17N3OS2. The SMILES string of the molecule is Cc1ccsc1C(O)c1nnc(N2CCCCC2)s1. The Labute approximate surface area is 120 Å². The topological polar surface area (TPSA) is 49.3 Å². The highest BCUT2D eigenvalue weighted by molar-refractivity contribution is 7.15. The van der Waals surface area contributed by atoms with Gasteiger partial charge < -0.3 is 10.0 Å². The van der Waals surface area contributed by atoms with Crippen LogP contribution in [0.2, 0.25) is 0 Å². The van der Waals surface area contributed by atoms with Crippen LogP contribution in [-0.4, -0.2) is 28.4 Å². The maximum absolute atomic E-state index is 10.4. The van der Waals surface area contributed by atoms with Gasteiger partial charge in [-0.1, -0.05) is 11.3 Å². The molecule has 0 amide bonds. The maximum Gasteiger partial charge on any atom is 0.208 e. The van der Waals surface area contributed by atoms with Crippen LogP contribution in [0.25, 0.3) is 0 Å². The van der Waals surface area contributed by atoms with Gasteiger partial charge in [-0.2, -0.15) is 0 Å². The average molecular weight is 295 g/mol. The van der Waals surface area contributed by atoms with Gasteiger partial charge in [-0.15, -0.1) is 21.5 Å². The van der Waals surface area contributed by atoms with Gasteiger partial charge in [0, 0.05) is 18.0 Å². The number of piperidine rings is 1. The number of anilines is 1. The minimum atomic E-state index is -0.629. The summed E-state index contributed by atoms with van der Waals surface area (Å²) in [5.41, 5.74) is 1.12. The molecular weight excluding hydrogens is 278 g/mol. The van der Waals surface area contributed by atoms with E-state index in [0.717, 1.165) is 28.7 Å². The summed E-state index contributed by atoms with van der Waals surface area (Å²) in [6, 6.07) is 2.02. The molecule has 1 fully saturated rings. The summed E-state index contributed by atoms with van der Waals surface area (Å²) in [6.07, 6.45) is 3.12. The largest absolute Gasteiger partial charge is 0.380 e. The van der Waals surface area contributed by atoms with E-state index in [4.69, 9.17) is 0 Å². The van der Waals surface area contributed by atoms with Crippen molar-refractivity contribution in [1.82, 2.24) is 10.2 Å². The smallest absolute Gasteiger partial charge is 0.208 e. The van der Waals surface area contributed by atoms with Gasteiger partial charge in [0.1, 0.15) is 6.10 Å². The van der Waals surface area contributed by atoms with Crippen molar-refractivity contribution in [2.75, 3.05) is 18.0 Å². The minimum absolute atomic E-state index is 0.629. The van der Waals surface area contributed by atoms with Crippen LogP contribution >= 0.6 is 22.7 Å². The number of nitrogens with zero attached hydrogens (tertiary/aromatic N) is 3. The average Bonchev–Trinajstić information content (AvgIpc) is 3.08. The van der Waals surface area contributed by atoms with Crippen LogP contribution in [0.4, 0.5) is 5.13 Å². The molecule has 3 rings (SSSR count). The second-order valence-corrected chi connectivity index (χ2v) is 6.78. The summed E-state index contributed by atoms with van der Waals surface area (Å²) >= 11 is 3.09. The van der Waals surface area contributed by atoms with Crippen LogP contribution in [-0.2, 0) is 0 Å². The third-order valence-corrected chi connectivity index (χ3v) is 5.55. The molecule has 0 radical (unpaired) electrons. The van der Waals surface area contributed by atoms with Gasteiger partial charge in [-0.25, -0.2) is 0 Å². The Bertz CT molecular complexity index is 546. The Hall–Kier alpha value is -0.980. The molecule has 3 heterocycles. The molecule has 1 saturated heterocycles. The number of aliphatic hydroxyl groups excluding tert-OH is 1. The lowest BCUT2D eigenvalue weighted by Crippen LogP contribution is -2.29. The Kier molecular flexibility index (Phi) is 3.81. The first kappa shape index (κ1) is 13.0. The second-order valence-electron chi connectivity index (χ2n) is 4.84. The van der Waals surface area contributed by atoms with Gasteiger partial charge in [-0.3, -0.25) is 0 Å². The van der Waals surface area contributed by atoms with E-state index in [1.807, 2.05) is 18.4 Å². The summed E-state index contributed by atoms with van der Waals surface area (Å²) in [5, 5.41) is 22.4. The Morgan fingerprint density at radius 3 is 2.74 bits per heavy atom. The van der Waals surface area contributed by atoms with Crippen LogP contribution in [0.15, 0.2) is 11.4 Å². The fourth-order valence-corrected chi connectivity index (χ4v) is 4.21. The zero-order valence-electron chi connectivity index (χ0n) is 10.9. The van der Waals surface area contributed by atoms with E-state index in [1.165, 1.54) is 30.6 Å². The predicted octanol–water partition coefficient (Wildman–Crippen LogP) is 2.98. The molecule has 1 aliphatic heterocycles. The third kappa shape index (κ3) is 2.66. The van der Waals surface area contributed by atoms with Crippen LogP contribution in [0.3, 0.4) is 0 Å². The number of aryl methyl sites for hydroxylation is 1. The summed E-state index contributed by atoms with van der Waals surface area (Å²) in [7, 11) is 0. The lowest BCUT2D eigenvalue weighted by Gasteiger charge is -2.25. The van der Waals surface area contributed by atoms with Gasteiger partial charge in [0.15, 0.2) is 5.01 Å². The van der Waals surface area contributed by atoms with E-state index in [0.29, 0.717) is 5.01 Å². The quantitative estimate of drug-likeness (QED) is 0.946. The van der Waals surface area contributed by atoms with Crippen LogP contribution in [0.1, 0.15) is 40.8 Å². The normalized spacial score (nSPS) is 17.7. The molecule has 0 saturated carbocycles. The first-order valence-corrected chi connectivity index (χ1v) is 8.26. The zero-order valence-corrected chi connectivity index (χ0v) is 12.5. The van der Waals surface area contributed by atoms with E-state index in [2.05, 4.69) is 15.1 Å². The molecule has 0 bridgehead atoms. The van der Waals surface area contributed by atoms with Crippen LogP contribution in [0.5, 0.6) is 0 Å². The molecule has 1 unspecified atom stereocenters. The fraction of sp³-hybridized carbons (Fsp3) is 0.538. The third-order valence-electron chi connectivity index (χ3n) is 3.44. The monoisotopic (exact) mass is 295 g/mol. The van der Waals surface area contributed by atoms with E-state index < -0.39 is 6.10 Å². The Morgan fingerprint density at radius 2 is 2.05 bits per heavy atom. The van der Waals surface area contributed by atoms with Crippen LogP contribution in [0, 0.1) is 6.92 Å². The van der Waals surface area contributed by atoms with Crippen molar-refractivity contribution in [1.29, 1.82) is 0 Å². The summed E-state index contributed by atoms with van der Waals surface area (Å²) in [5.74, 6) is 0. The van der Waals surface area contributed by atoms with Crippen molar-refractivity contribution in [3.05, 3.63) is 26.9 Å². The first-order valence-electron chi connectivity index (χ1n) is 6.56. The lowest BCUT2D eigenvalue weighted by atomic mass is 10.1. The van der Waals surface area contributed by atoms with Gasteiger partial charge >= 0.3 is 0 Å². The van der Waals surface area contributed by atoms with Gasteiger partial charge in [0.2, 0.25) is 5.13 Å². The predicted molar refractivity (Wildman–Crippen MR) is 79.1 cm³/mol. The van der Waals surface area contributed by atoms with Crippen molar-refractivity contribution in [2.24, 2.45) is 0 Å². The highest BCUT2D eigenvalue weighted by Gasteiger charge is 2.21. The molecule has 1 atom stereocenters. The molecule has 19 heavy (non-hydrogen) atoms. The number of thiophene rings is 1. The molecule has 102 valence electrons. The summed E-state index contributed by atoms with van der Waals surface area (Å²) < 4.78 is 0. The summed E-state index contributed by atoms with van der Waals surface area (Å²) in [4.78, 5) is 3.25. The number of rotatable bonds is 3. The molecule has 6 heteroatoms. The minimum Gasteiger partial charge on any atom is -0.380 e. The van der Waals surface area contributed by atoms with Crippen molar-refractivity contribution in [3.8, 4) is 0 Å². The van der Waals surface area contributed by atoms with Crippen molar-refractivity contribution in [3.63, 3.8) is 0 Å². The number of aliphatic hydroxyl groups is 1. The Morgan fingerprint density at radius 1 is 1.26 bits per heavy atom. The second kappa shape index (κ2) is 5.56. The lowest BCUT2D eigenvalue weighted by molar-refractivity contribution is 0.222. The molecule has 0 aromatic carbocycles. The standard InChI is InChI=1S/C13H17N3OS2/c1-9-5-8-18-11(9)10(17)12-14-15-13(19-12)16-6-3-2-4-7-16/h5,8,10,17H,2-4,6-7H2,1H3. The molecule has 2 aromatic rings. The Balaban J connectivity index is 1.79. The number of hydrogen-bond acceptors (Lipinski definition) is 6. The van der Waals surface area contributed by atoms with Gasteiger partial charge in [0.25, 0.3) is 0 Å². The highest BCUT2D eigenvalue weighted by atomic mass is 32.1. The molecule has 4 nitrogen and oxygen atoms in total. The van der Waals surface area contributed by atoms with Crippen LogP contribution < -0.4 is 4.90 Å². The molecule has 0 spiro atoms. The van der Waals surface area contributed by atoms with E-state index in [1.54, 1.807) is 11.3 Å². The van der Waals surface area contributed by atoms with Gasteiger partial charge in [-0.05, 0) is 43.2 Å². The van der Waals surface area contributed by atoms with Crippen molar-refractivity contribution < 1.29 is 5.11 Å². The van der Waals surface area contributed by atoms with E-state index >= 15 is 0 Å². The number of hydrogen-bond donors (Lipinski definition) is 1. The van der Waals surface area contributed by atoms with Crippen molar-refractivity contribution >= 4 is 27.8 Å².